The van der Waals surface area contributed by atoms with Crippen LogP contribution in [0.15, 0.2) is 10.6 Å². The monoisotopic (exact) mass is 249 g/mol. The molecule has 2 N–H and O–H groups in total. The van der Waals surface area contributed by atoms with Gasteiger partial charge in [0.2, 0.25) is 5.89 Å². The van der Waals surface area contributed by atoms with E-state index in [0.717, 1.165) is 24.3 Å². The van der Waals surface area contributed by atoms with Gasteiger partial charge in [-0.2, -0.15) is 4.98 Å². The zero-order valence-electron chi connectivity index (χ0n) is 9.93. The van der Waals surface area contributed by atoms with E-state index in [-0.39, 0.29) is 6.04 Å². The maximum absolute atomic E-state index is 6.19. The zero-order chi connectivity index (χ0) is 12.0. The maximum Gasteiger partial charge on any atom is 0.229 e. The number of aryl methyl sites for hydroxylation is 2. The molecule has 1 saturated carbocycles. The molecule has 0 aliphatic heterocycles. The van der Waals surface area contributed by atoms with Crippen LogP contribution in [-0.4, -0.2) is 10.1 Å². The predicted molar refractivity (Wildman–Crippen MR) is 66.1 cm³/mol. The van der Waals surface area contributed by atoms with Gasteiger partial charge in [-0.05, 0) is 38.3 Å². The van der Waals surface area contributed by atoms with Crippen molar-refractivity contribution in [1.82, 2.24) is 10.1 Å². The number of nitrogens with zero attached hydrogens (tertiary/aromatic N) is 2. The van der Waals surface area contributed by atoms with Crippen LogP contribution in [0.25, 0.3) is 0 Å². The molecule has 1 atom stereocenters. The standard InChI is InChI=1S/C12H15N3OS/c1-6-5-9(7(2)17-6)10(13)11-14-12(16-15-11)8-3-4-8/h5,8,10H,3-4,13H2,1-2H3. The highest BCUT2D eigenvalue weighted by Gasteiger charge is 2.30. The summed E-state index contributed by atoms with van der Waals surface area (Å²) in [6.07, 6.45) is 2.32. The molecule has 1 fully saturated rings. The molecule has 0 spiro atoms. The molecule has 0 amide bonds. The summed E-state index contributed by atoms with van der Waals surface area (Å²) in [5.74, 6) is 1.83. The molecule has 2 aromatic heterocycles. The van der Waals surface area contributed by atoms with Crippen molar-refractivity contribution in [1.29, 1.82) is 0 Å². The van der Waals surface area contributed by atoms with Crippen LogP contribution >= 0.6 is 11.3 Å². The van der Waals surface area contributed by atoms with Gasteiger partial charge in [-0.3, -0.25) is 0 Å². The van der Waals surface area contributed by atoms with Crippen molar-refractivity contribution >= 4 is 11.3 Å². The Morgan fingerprint density at radius 2 is 2.24 bits per heavy atom. The van der Waals surface area contributed by atoms with Crippen molar-refractivity contribution in [2.24, 2.45) is 5.73 Å². The molecule has 3 rings (SSSR count). The van der Waals surface area contributed by atoms with Crippen molar-refractivity contribution in [3.05, 3.63) is 33.1 Å². The van der Waals surface area contributed by atoms with Crippen LogP contribution < -0.4 is 5.73 Å². The Kier molecular flexibility index (Phi) is 2.52. The van der Waals surface area contributed by atoms with Gasteiger partial charge in [-0.1, -0.05) is 5.16 Å². The minimum Gasteiger partial charge on any atom is -0.339 e. The number of hydrogen-bond acceptors (Lipinski definition) is 5. The third-order valence-electron chi connectivity index (χ3n) is 3.08. The first-order valence-corrected chi connectivity index (χ1v) is 6.63. The van der Waals surface area contributed by atoms with Gasteiger partial charge in [-0.15, -0.1) is 11.3 Å². The van der Waals surface area contributed by atoms with Crippen LogP contribution in [-0.2, 0) is 0 Å². The van der Waals surface area contributed by atoms with Gasteiger partial charge in [0.05, 0.1) is 6.04 Å². The second-order valence-electron chi connectivity index (χ2n) is 4.61. The first-order valence-electron chi connectivity index (χ1n) is 5.81. The highest BCUT2D eigenvalue weighted by Crippen LogP contribution is 2.39. The van der Waals surface area contributed by atoms with Gasteiger partial charge >= 0.3 is 0 Å². The normalized spacial score (nSPS) is 17.4. The molecule has 0 bridgehead atoms. The van der Waals surface area contributed by atoms with Gasteiger partial charge < -0.3 is 10.3 Å². The van der Waals surface area contributed by atoms with Gasteiger partial charge in [0.15, 0.2) is 5.82 Å². The summed E-state index contributed by atoms with van der Waals surface area (Å²) in [6, 6.07) is 1.84. The summed E-state index contributed by atoms with van der Waals surface area (Å²) >= 11 is 1.75. The SMILES string of the molecule is Cc1cc(C(N)c2noc(C3CC3)n2)c(C)s1. The Labute approximate surface area is 104 Å². The zero-order valence-corrected chi connectivity index (χ0v) is 10.8. The first kappa shape index (κ1) is 10.9. The minimum atomic E-state index is -0.267. The molecule has 1 aliphatic carbocycles. The number of nitrogens with two attached hydrogens (primary N) is 1. The summed E-state index contributed by atoms with van der Waals surface area (Å²) in [6.45, 7) is 4.16. The lowest BCUT2D eigenvalue weighted by Gasteiger charge is -2.05. The number of aromatic nitrogens is 2. The van der Waals surface area contributed by atoms with E-state index in [0.29, 0.717) is 11.7 Å². The van der Waals surface area contributed by atoms with Crippen molar-refractivity contribution < 1.29 is 4.52 Å². The van der Waals surface area contributed by atoms with E-state index in [1.807, 2.05) is 0 Å². The van der Waals surface area contributed by atoms with Crippen LogP contribution in [0.1, 0.15) is 51.8 Å². The van der Waals surface area contributed by atoms with Crippen LogP contribution in [0.3, 0.4) is 0 Å². The number of thiophene rings is 1. The van der Waals surface area contributed by atoms with Gasteiger partial charge in [0.25, 0.3) is 0 Å². The van der Waals surface area contributed by atoms with E-state index in [4.69, 9.17) is 10.3 Å². The predicted octanol–water partition coefficient (Wildman–Crippen LogP) is 2.67. The second kappa shape index (κ2) is 3.92. The largest absolute Gasteiger partial charge is 0.339 e. The molecule has 1 unspecified atom stereocenters. The minimum absolute atomic E-state index is 0.267. The van der Waals surface area contributed by atoms with E-state index in [9.17, 15) is 0 Å². The van der Waals surface area contributed by atoms with Gasteiger partial charge in [-0.25, -0.2) is 0 Å². The molecular formula is C12H15N3OS. The van der Waals surface area contributed by atoms with Gasteiger partial charge in [0, 0.05) is 15.7 Å². The van der Waals surface area contributed by atoms with Crippen molar-refractivity contribution in [3.8, 4) is 0 Å². The average molecular weight is 249 g/mol. The Hall–Kier alpha value is -1.20. The third-order valence-corrected chi connectivity index (χ3v) is 4.06. The fourth-order valence-corrected chi connectivity index (χ4v) is 2.94. The Bertz CT molecular complexity index is 542. The molecule has 2 heterocycles. The van der Waals surface area contributed by atoms with Crippen LogP contribution in [0.2, 0.25) is 0 Å². The number of rotatable bonds is 3. The van der Waals surface area contributed by atoms with E-state index in [1.165, 1.54) is 9.75 Å². The summed E-state index contributed by atoms with van der Waals surface area (Å²) in [7, 11) is 0. The van der Waals surface area contributed by atoms with Crippen LogP contribution in [0.4, 0.5) is 0 Å². The Morgan fingerprint density at radius 3 is 2.82 bits per heavy atom. The van der Waals surface area contributed by atoms with Crippen LogP contribution in [0.5, 0.6) is 0 Å². The molecular weight excluding hydrogens is 234 g/mol. The molecule has 5 heteroatoms. The summed E-state index contributed by atoms with van der Waals surface area (Å²) in [5.41, 5.74) is 7.29. The highest BCUT2D eigenvalue weighted by molar-refractivity contribution is 7.12. The summed E-state index contributed by atoms with van der Waals surface area (Å²) in [4.78, 5) is 6.89. The third kappa shape index (κ3) is 2.00. The molecule has 1 aliphatic rings. The Balaban J connectivity index is 1.89. The smallest absolute Gasteiger partial charge is 0.229 e. The number of hydrogen-bond donors (Lipinski definition) is 1. The van der Waals surface area contributed by atoms with E-state index < -0.39 is 0 Å². The lowest BCUT2D eigenvalue weighted by Crippen LogP contribution is -2.13. The second-order valence-corrected chi connectivity index (χ2v) is 6.07. The molecule has 0 saturated heterocycles. The molecule has 2 aromatic rings. The quantitative estimate of drug-likeness (QED) is 0.908. The van der Waals surface area contributed by atoms with E-state index in [2.05, 4.69) is 30.1 Å². The van der Waals surface area contributed by atoms with Crippen LogP contribution in [0, 0.1) is 13.8 Å². The lowest BCUT2D eigenvalue weighted by atomic mass is 10.1. The average Bonchev–Trinajstić information content (AvgIpc) is 2.92. The summed E-state index contributed by atoms with van der Waals surface area (Å²) < 4.78 is 5.24. The molecule has 90 valence electrons. The first-order chi connectivity index (χ1) is 8.15. The van der Waals surface area contributed by atoms with Crippen molar-refractivity contribution in [3.63, 3.8) is 0 Å². The topological polar surface area (TPSA) is 64.9 Å². The maximum atomic E-state index is 6.19. The van der Waals surface area contributed by atoms with Gasteiger partial charge in [0.1, 0.15) is 0 Å². The molecule has 4 nitrogen and oxygen atoms in total. The van der Waals surface area contributed by atoms with Crippen molar-refractivity contribution in [2.45, 2.75) is 38.6 Å². The van der Waals surface area contributed by atoms with E-state index >= 15 is 0 Å². The molecule has 17 heavy (non-hydrogen) atoms. The molecule has 0 aromatic carbocycles. The lowest BCUT2D eigenvalue weighted by molar-refractivity contribution is 0.372. The Morgan fingerprint density at radius 1 is 1.47 bits per heavy atom. The fraction of sp³-hybridized carbons (Fsp3) is 0.500. The molecule has 0 radical (unpaired) electrons. The van der Waals surface area contributed by atoms with Crippen molar-refractivity contribution in [2.75, 3.05) is 0 Å². The highest BCUT2D eigenvalue weighted by atomic mass is 32.1. The fourth-order valence-electron chi connectivity index (χ4n) is 1.97. The van der Waals surface area contributed by atoms with E-state index in [1.54, 1.807) is 11.3 Å². The summed E-state index contributed by atoms with van der Waals surface area (Å²) in [5, 5.41) is 4.00.